The maximum Gasteiger partial charge on any atom is 0.205 e. The third kappa shape index (κ3) is 1.86. The molecule has 102 valence electrons. The van der Waals surface area contributed by atoms with Crippen molar-refractivity contribution in [2.24, 2.45) is 0 Å². The summed E-state index contributed by atoms with van der Waals surface area (Å²) in [4.78, 5) is 11.3. The van der Waals surface area contributed by atoms with Crippen molar-refractivity contribution in [2.45, 2.75) is 10.4 Å². The van der Waals surface area contributed by atoms with E-state index in [1.807, 2.05) is 18.2 Å². The van der Waals surface area contributed by atoms with Crippen LogP contribution < -0.4 is 4.74 Å². The van der Waals surface area contributed by atoms with E-state index in [0.29, 0.717) is 16.9 Å². The predicted molar refractivity (Wildman–Crippen MR) is 77.9 cm³/mol. The Hall–Kier alpha value is -1.39. The zero-order chi connectivity index (χ0) is 14.3. The summed E-state index contributed by atoms with van der Waals surface area (Å²) in [5.41, 5.74) is 0.151. The second-order valence-electron chi connectivity index (χ2n) is 4.55. The number of alkyl halides is 1. The Morgan fingerprint density at radius 3 is 2.65 bits per heavy atom. The second kappa shape index (κ2) is 4.86. The lowest BCUT2D eigenvalue weighted by molar-refractivity contribution is -0.120. The largest absolute Gasteiger partial charge is 0.473 e. The van der Waals surface area contributed by atoms with Crippen LogP contribution in [-0.2, 0) is 10.4 Å². The maximum absolute atomic E-state index is 13.5. The molecule has 2 nitrogen and oxygen atoms in total. The van der Waals surface area contributed by atoms with Crippen molar-refractivity contribution in [3.05, 3.63) is 64.4 Å². The first-order valence-corrected chi connectivity index (χ1v) is 7.22. The molecule has 0 N–H and O–H groups in total. The van der Waals surface area contributed by atoms with Crippen molar-refractivity contribution < 1.29 is 13.9 Å². The molecule has 3 rings (SSSR count). The molecule has 0 amide bonds. The Kier molecular flexibility index (Phi) is 3.30. The molecule has 20 heavy (non-hydrogen) atoms. The Labute approximate surface area is 128 Å². The predicted octanol–water partition coefficient (Wildman–Crippen LogP) is 4.40. The van der Waals surface area contributed by atoms with Crippen LogP contribution in [0, 0.1) is 5.82 Å². The van der Waals surface area contributed by atoms with Crippen LogP contribution in [0.4, 0.5) is 4.39 Å². The minimum Gasteiger partial charge on any atom is -0.473 e. The lowest BCUT2D eigenvalue weighted by atomic mass is 9.90. The Bertz CT molecular complexity index is 677. The lowest BCUT2D eigenvalue weighted by Crippen LogP contribution is -2.34. The van der Waals surface area contributed by atoms with Crippen molar-refractivity contribution in [1.82, 2.24) is 0 Å². The number of halogens is 3. The Balaban J connectivity index is 2.16. The SMILES string of the molecule is O=CC1(c2ccccc2)Oc2cc(F)c(Cl)cc2C1Br. The average molecular weight is 356 g/mol. The molecule has 1 aliphatic heterocycles. The van der Waals surface area contributed by atoms with Gasteiger partial charge in [-0.25, -0.2) is 4.39 Å². The van der Waals surface area contributed by atoms with Gasteiger partial charge in [-0.3, -0.25) is 4.79 Å². The van der Waals surface area contributed by atoms with Gasteiger partial charge in [0.2, 0.25) is 5.60 Å². The zero-order valence-electron chi connectivity index (χ0n) is 10.1. The number of aldehydes is 1. The fourth-order valence-corrected chi connectivity index (χ4v) is 3.35. The molecule has 0 saturated carbocycles. The number of rotatable bonds is 2. The molecular weight excluding hydrogens is 347 g/mol. The summed E-state index contributed by atoms with van der Waals surface area (Å²) in [6, 6.07) is 11.8. The van der Waals surface area contributed by atoms with Gasteiger partial charge < -0.3 is 4.74 Å². The van der Waals surface area contributed by atoms with Gasteiger partial charge in [-0.05, 0) is 6.07 Å². The number of hydrogen-bond acceptors (Lipinski definition) is 2. The van der Waals surface area contributed by atoms with Gasteiger partial charge in [0.25, 0.3) is 0 Å². The van der Waals surface area contributed by atoms with Gasteiger partial charge in [0.05, 0.1) is 9.85 Å². The molecule has 1 heterocycles. The summed E-state index contributed by atoms with van der Waals surface area (Å²) in [6.07, 6.45) is 0.730. The summed E-state index contributed by atoms with van der Waals surface area (Å²) in [7, 11) is 0. The fraction of sp³-hybridized carbons (Fsp3) is 0.133. The molecule has 0 bridgehead atoms. The van der Waals surface area contributed by atoms with Gasteiger partial charge >= 0.3 is 0 Å². The van der Waals surface area contributed by atoms with Crippen LogP contribution in [0.5, 0.6) is 5.75 Å². The van der Waals surface area contributed by atoms with Gasteiger partial charge in [0.1, 0.15) is 11.6 Å². The van der Waals surface area contributed by atoms with Gasteiger partial charge in [-0.15, -0.1) is 0 Å². The lowest BCUT2D eigenvalue weighted by Gasteiger charge is -2.26. The van der Waals surface area contributed by atoms with Gasteiger partial charge in [-0.2, -0.15) is 0 Å². The van der Waals surface area contributed by atoms with Crippen molar-refractivity contribution in [3.63, 3.8) is 0 Å². The van der Waals surface area contributed by atoms with Gasteiger partial charge in [0, 0.05) is 17.2 Å². The fourth-order valence-electron chi connectivity index (χ4n) is 2.35. The molecule has 2 aromatic rings. The van der Waals surface area contributed by atoms with Crippen LogP contribution >= 0.6 is 27.5 Å². The van der Waals surface area contributed by atoms with Crippen LogP contribution in [0.25, 0.3) is 0 Å². The quantitative estimate of drug-likeness (QED) is 0.589. The Morgan fingerprint density at radius 1 is 1.30 bits per heavy atom. The summed E-state index contributed by atoms with van der Waals surface area (Å²) < 4.78 is 19.3. The summed E-state index contributed by atoms with van der Waals surface area (Å²) in [5, 5.41) is 0.00607. The average Bonchev–Trinajstić information content (AvgIpc) is 2.74. The van der Waals surface area contributed by atoms with Crippen LogP contribution in [0.2, 0.25) is 5.02 Å². The minimum absolute atomic E-state index is 0.00607. The first-order chi connectivity index (χ1) is 9.58. The maximum atomic E-state index is 13.5. The highest BCUT2D eigenvalue weighted by Crippen LogP contribution is 2.53. The molecule has 0 fully saturated rings. The highest BCUT2D eigenvalue weighted by molar-refractivity contribution is 9.09. The Morgan fingerprint density at radius 2 is 2.00 bits per heavy atom. The summed E-state index contributed by atoms with van der Waals surface area (Å²) in [5.74, 6) is -0.246. The second-order valence-corrected chi connectivity index (χ2v) is 5.87. The summed E-state index contributed by atoms with van der Waals surface area (Å²) in [6.45, 7) is 0. The summed E-state index contributed by atoms with van der Waals surface area (Å²) >= 11 is 9.28. The number of ether oxygens (including phenoxy) is 1. The molecule has 5 heteroatoms. The van der Waals surface area contributed by atoms with Crippen molar-refractivity contribution in [3.8, 4) is 5.75 Å². The van der Waals surface area contributed by atoms with E-state index in [1.54, 1.807) is 12.1 Å². The zero-order valence-corrected chi connectivity index (χ0v) is 12.5. The normalized spacial score (nSPS) is 24.1. The molecular formula is C15H9BrClFO2. The van der Waals surface area contributed by atoms with E-state index in [0.717, 1.165) is 6.29 Å². The van der Waals surface area contributed by atoms with Gasteiger partial charge in [0.15, 0.2) is 6.29 Å². The topological polar surface area (TPSA) is 26.3 Å². The number of hydrogen-bond donors (Lipinski definition) is 0. The molecule has 2 aromatic carbocycles. The number of carbonyl (C=O) groups excluding carboxylic acids is 1. The molecule has 0 aliphatic carbocycles. The molecule has 0 spiro atoms. The molecule has 2 unspecified atom stereocenters. The molecule has 0 radical (unpaired) electrons. The third-order valence-corrected chi connectivity index (χ3v) is 4.84. The standard InChI is InChI=1S/C15H9BrClFO2/c16-14-10-6-11(17)12(18)7-13(10)20-15(14,8-19)9-4-2-1-3-5-9/h1-8,14H. The van der Waals surface area contributed by atoms with Gasteiger partial charge in [-0.1, -0.05) is 57.9 Å². The molecule has 2 atom stereocenters. The molecule has 1 aliphatic rings. The van der Waals surface area contributed by atoms with E-state index in [-0.39, 0.29) is 5.02 Å². The number of benzene rings is 2. The highest BCUT2D eigenvalue weighted by atomic mass is 79.9. The van der Waals surface area contributed by atoms with Crippen LogP contribution in [0.15, 0.2) is 42.5 Å². The third-order valence-electron chi connectivity index (χ3n) is 3.38. The smallest absolute Gasteiger partial charge is 0.205 e. The monoisotopic (exact) mass is 354 g/mol. The van der Waals surface area contributed by atoms with E-state index in [9.17, 15) is 9.18 Å². The van der Waals surface area contributed by atoms with E-state index in [1.165, 1.54) is 12.1 Å². The van der Waals surface area contributed by atoms with E-state index in [4.69, 9.17) is 16.3 Å². The minimum atomic E-state index is -1.21. The van der Waals surface area contributed by atoms with E-state index < -0.39 is 16.2 Å². The number of fused-ring (bicyclic) bond motifs is 1. The van der Waals surface area contributed by atoms with E-state index >= 15 is 0 Å². The van der Waals surface area contributed by atoms with Crippen LogP contribution in [0.3, 0.4) is 0 Å². The van der Waals surface area contributed by atoms with Crippen molar-refractivity contribution in [1.29, 1.82) is 0 Å². The van der Waals surface area contributed by atoms with Crippen molar-refractivity contribution >= 4 is 33.8 Å². The first-order valence-electron chi connectivity index (χ1n) is 5.92. The number of carbonyl (C=O) groups is 1. The van der Waals surface area contributed by atoms with Crippen molar-refractivity contribution in [2.75, 3.05) is 0 Å². The van der Waals surface area contributed by atoms with Crippen LogP contribution in [-0.4, -0.2) is 6.29 Å². The van der Waals surface area contributed by atoms with Crippen LogP contribution in [0.1, 0.15) is 16.0 Å². The molecule has 0 aromatic heterocycles. The van der Waals surface area contributed by atoms with E-state index in [2.05, 4.69) is 15.9 Å². The molecule has 0 saturated heterocycles. The highest BCUT2D eigenvalue weighted by Gasteiger charge is 2.49. The first kappa shape index (κ1) is 13.6.